The Hall–Kier alpha value is -2.24. The number of rotatable bonds is 6. The second kappa shape index (κ2) is 7.25. The summed E-state index contributed by atoms with van der Waals surface area (Å²) in [6.45, 7) is 2.41. The van der Waals surface area contributed by atoms with Gasteiger partial charge >= 0.3 is 12.0 Å². The van der Waals surface area contributed by atoms with Crippen LogP contribution in [-0.4, -0.2) is 34.8 Å². The number of amides is 2. The van der Waals surface area contributed by atoms with Gasteiger partial charge in [-0.2, -0.15) is 0 Å². The summed E-state index contributed by atoms with van der Waals surface area (Å²) in [6, 6.07) is 4.71. The molecule has 104 valence electrons. The van der Waals surface area contributed by atoms with E-state index in [4.69, 9.17) is 10.2 Å². The van der Waals surface area contributed by atoms with Crippen molar-refractivity contribution >= 4 is 12.0 Å². The van der Waals surface area contributed by atoms with Gasteiger partial charge in [-0.1, -0.05) is 19.1 Å². The Bertz CT molecular complexity index is 431. The van der Waals surface area contributed by atoms with Gasteiger partial charge in [0.25, 0.3) is 0 Å². The maximum atomic E-state index is 11.4. The molecule has 19 heavy (non-hydrogen) atoms. The average molecular weight is 266 g/mol. The molecule has 1 aromatic rings. The van der Waals surface area contributed by atoms with E-state index >= 15 is 0 Å². The molecule has 0 radical (unpaired) electrons. The molecule has 4 N–H and O–H groups in total. The molecular weight excluding hydrogens is 248 g/mol. The van der Waals surface area contributed by atoms with Gasteiger partial charge in [0.15, 0.2) is 0 Å². The molecule has 0 bridgehead atoms. The van der Waals surface area contributed by atoms with E-state index in [1.54, 1.807) is 12.1 Å². The predicted octanol–water partition coefficient (Wildman–Crippen LogP) is 1.10. The summed E-state index contributed by atoms with van der Waals surface area (Å²) < 4.78 is 0. The zero-order valence-electron chi connectivity index (χ0n) is 10.7. The molecule has 0 aromatic heterocycles. The number of nitrogens with one attached hydrogen (secondary N) is 2. The lowest BCUT2D eigenvalue weighted by Gasteiger charge is -2.15. The third-order valence-electron chi connectivity index (χ3n) is 2.52. The summed E-state index contributed by atoms with van der Waals surface area (Å²) in [5.74, 6) is -0.982. The Morgan fingerprint density at radius 3 is 2.42 bits per heavy atom. The first-order valence-corrected chi connectivity index (χ1v) is 6.08. The molecule has 0 fully saturated rings. The highest BCUT2D eigenvalue weighted by Crippen LogP contribution is 2.11. The minimum Gasteiger partial charge on any atom is -0.508 e. The first-order valence-electron chi connectivity index (χ1n) is 6.08. The zero-order valence-corrected chi connectivity index (χ0v) is 10.7. The summed E-state index contributed by atoms with van der Waals surface area (Å²) in [7, 11) is 0. The third kappa shape index (κ3) is 5.29. The van der Waals surface area contributed by atoms with Gasteiger partial charge in [-0.25, -0.2) is 9.59 Å². The number of carbonyl (C=O) groups excluding carboxylic acids is 1. The smallest absolute Gasteiger partial charge is 0.326 e. The first-order chi connectivity index (χ1) is 9.02. The van der Waals surface area contributed by atoms with Crippen LogP contribution < -0.4 is 10.6 Å². The van der Waals surface area contributed by atoms with E-state index in [0.717, 1.165) is 12.0 Å². The fourth-order valence-corrected chi connectivity index (χ4v) is 1.52. The van der Waals surface area contributed by atoms with Crippen molar-refractivity contribution in [2.75, 3.05) is 6.54 Å². The molecule has 6 heteroatoms. The fraction of sp³-hybridized carbons (Fsp3) is 0.385. The van der Waals surface area contributed by atoms with Crippen molar-refractivity contribution in [3.05, 3.63) is 29.8 Å². The largest absolute Gasteiger partial charge is 0.508 e. The van der Waals surface area contributed by atoms with Crippen molar-refractivity contribution in [3.8, 4) is 5.75 Å². The molecule has 0 saturated heterocycles. The van der Waals surface area contributed by atoms with Crippen LogP contribution in [0.5, 0.6) is 5.75 Å². The van der Waals surface area contributed by atoms with Gasteiger partial charge in [0.05, 0.1) is 0 Å². The Morgan fingerprint density at radius 1 is 1.26 bits per heavy atom. The normalized spacial score (nSPS) is 11.6. The van der Waals surface area contributed by atoms with Gasteiger partial charge < -0.3 is 20.8 Å². The molecule has 0 aliphatic heterocycles. The molecule has 1 atom stereocenters. The SMILES string of the molecule is CCCNC(=O)NC(Cc1ccc(O)cc1)C(=O)O. The Morgan fingerprint density at radius 2 is 1.89 bits per heavy atom. The van der Waals surface area contributed by atoms with Gasteiger partial charge in [-0.15, -0.1) is 0 Å². The van der Waals surface area contributed by atoms with Crippen LogP contribution in [0.4, 0.5) is 4.79 Å². The van der Waals surface area contributed by atoms with Crippen LogP contribution in [-0.2, 0) is 11.2 Å². The topological polar surface area (TPSA) is 98.7 Å². The minimum atomic E-state index is -1.10. The highest BCUT2D eigenvalue weighted by atomic mass is 16.4. The lowest BCUT2D eigenvalue weighted by Crippen LogP contribution is -2.47. The lowest BCUT2D eigenvalue weighted by molar-refractivity contribution is -0.139. The van der Waals surface area contributed by atoms with E-state index in [0.29, 0.717) is 6.54 Å². The van der Waals surface area contributed by atoms with E-state index in [-0.39, 0.29) is 12.2 Å². The fourth-order valence-electron chi connectivity index (χ4n) is 1.52. The molecule has 1 unspecified atom stereocenters. The number of urea groups is 1. The molecular formula is C13H18N2O4. The number of phenolic OH excluding ortho intramolecular Hbond substituents is 1. The number of carboxylic acids is 1. The summed E-state index contributed by atoms with van der Waals surface area (Å²) in [4.78, 5) is 22.5. The van der Waals surface area contributed by atoms with Gasteiger partial charge in [-0.05, 0) is 24.1 Å². The van der Waals surface area contributed by atoms with Gasteiger partial charge in [0.1, 0.15) is 11.8 Å². The van der Waals surface area contributed by atoms with Gasteiger partial charge in [0.2, 0.25) is 0 Å². The van der Waals surface area contributed by atoms with Gasteiger partial charge in [0, 0.05) is 13.0 Å². The molecule has 0 spiro atoms. The molecule has 0 saturated carbocycles. The Balaban J connectivity index is 2.60. The van der Waals surface area contributed by atoms with Crippen LogP contribution in [0.1, 0.15) is 18.9 Å². The van der Waals surface area contributed by atoms with Crippen molar-refractivity contribution in [2.45, 2.75) is 25.8 Å². The number of hydrogen-bond acceptors (Lipinski definition) is 3. The van der Waals surface area contributed by atoms with Crippen LogP contribution in [0, 0.1) is 0 Å². The molecule has 0 aliphatic rings. The third-order valence-corrected chi connectivity index (χ3v) is 2.52. The number of phenols is 1. The monoisotopic (exact) mass is 266 g/mol. The number of carboxylic acid groups (broad SMARTS) is 1. The van der Waals surface area contributed by atoms with Crippen molar-refractivity contribution in [1.82, 2.24) is 10.6 Å². The predicted molar refractivity (Wildman–Crippen MR) is 70.1 cm³/mol. The molecule has 1 rings (SSSR count). The number of hydrogen-bond donors (Lipinski definition) is 4. The Labute approximate surface area is 111 Å². The second-order valence-corrected chi connectivity index (χ2v) is 4.16. The minimum absolute atomic E-state index is 0.115. The summed E-state index contributed by atoms with van der Waals surface area (Å²) >= 11 is 0. The molecule has 0 heterocycles. The number of benzene rings is 1. The van der Waals surface area contributed by atoms with Crippen LogP contribution in [0.15, 0.2) is 24.3 Å². The number of aromatic hydroxyl groups is 1. The van der Waals surface area contributed by atoms with E-state index in [1.165, 1.54) is 12.1 Å². The summed E-state index contributed by atoms with van der Waals surface area (Å²) in [6.07, 6.45) is 0.943. The van der Waals surface area contributed by atoms with E-state index in [9.17, 15) is 9.59 Å². The van der Waals surface area contributed by atoms with Crippen LogP contribution in [0.25, 0.3) is 0 Å². The second-order valence-electron chi connectivity index (χ2n) is 4.16. The first kappa shape index (κ1) is 14.8. The summed E-state index contributed by atoms with van der Waals surface area (Å²) in [5.41, 5.74) is 0.723. The standard InChI is InChI=1S/C13H18N2O4/c1-2-7-14-13(19)15-11(12(17)18)8-9-3-5-10(16)6-4-9/h3-6,11,16H,2,7-8H2,1H3,(H,17,18)(H2,14,15,19). The van der Waals surface area contributed by atoms with Crippen LogP contribution in [0.3, 0.4) is 0 Å². The molecule has 0 aliphatic carbocycles. The van der Waals surface area contributed by atoms with Crippen LogP contribution in [0.2, 0.25) is 0 Å². The van der Waals surface area contributed by atoms with Gasteiger partial charge in [-0.3, -0.25) is 0 Å². The zero-order chi connectivity index (χ0) is 14.3. The number of aliphatic carboxylic acids is 1. The van der Waals surface area contributed by atoms with E-state index in [1.807, 2.05) is 6.92 Å². The van der Waals surface area contributed by atoms with E-state index < -0.39 is 18.0 Å². The highest BCUT2D eigenvalue weighted by molar-refractivity contribution is 5.82. The van der Waals surface area contributed by atoms with Crippen molar-refractivity contribution < 1.29 is 19.8 Å². The average Bonchev–Trinajstić information content (AvgIpc) is 2.38. The van der Waals surface area contributed by atoms with Crippen molar-refractivity contribution in [3.63, 3.8) is 0 Å². The maximum absolute atomic E-state index is 11.4. The molecule has 6 nitrogen and oxygen atoms in total. The maximum Gasteiger partial charge on any atom is 0.326 e. The van der Waals surface area contributed by atoms with Crippen molar-refractivity contribution in [2.24, 2.45) is 0 Å². The van der Waals surface area contributed by atoms with E-state index in [2.05, 4.69) is 10.6 Å². The number of carbonyl (C=O) groups is 2. The summed E-state index contributed by atoms with van der Waals surface area (Å²) in [5, 5.41) is 23.2. The van der Waals surface area contributed by atoms with Crippen LogP contribution >= 0.6 is 0 Å². The molecule has 2 amide bonds. The molecule has 1 aromatic carbocycles. The quantitative estimate of drug-likeness (QED) is 0.619. The van der Waals surface area contributed by atoms with Crippen molar-refractivity contribution in [1.29, 1.82) is 0 Å². The highest BCUT2D eigenvalue weighted by Gasteiger charge is 2.20. The Kier molecular flexibility index (Phi) is 5.66. The lowest BCUT2D eigenvalue weighted by atomic mass is 10.1.